The number of hydrogen-bond donors (Lipinski definition) is 2. The van der Waals surface area contributed by atoms with Crippen LogP contribution in [0.2, 0.25) is 5.02 Å². The van der Waals surface area contributed by atoms with Gasteiger partial charge in [0.25, 0.3) is 5.91 Å². The van der Waals surface area contributed by atoms with Crippen molar-refractivity contribution in [3.8, 4) is 0 Å². The molecule has 0 fully saturated rings. The Morgan fingerprint density at radius 3 is 2.82 bits per heavy atom. The van der Waals surface area contributed by atoms with Gasteiger partial charge in [-0.15, -0.1) is 0 Å². The maximum atomic E-state index is 12.0. The SMILES string of the molecule is CC(O)CCN(C)C(=O)c1cccc(Cl)c1N. The Bertz CT molecular complexity index is 407. The fourth-order valence-corrected chi connectivity index (χ4v) is 1.59. The van der Waals surface area contributed by atoms with Crippen LogP contribution in [0.1, 0.15) is 23.7 Å². The van der Waals surface area contributed by atoms with Gasteiger partial charge >= 0.3 is 0 Å². The Morgan fingerprint density at radius 1 is 1.59 bits per heavy atom. The summed E-state index contributed by atoms with van der Waals surface area (Å²) < 4.78 is 0. The van der Waals surface area contributed by atoms with Crippen molar-refractivity contribution in [1.29, 1.82) is 0 Å². The van der Waals surface area contributed by atoms with Crippen molar-refractivity contribution >= 4 is 23.2 Å². The van der Waals surface area contributed by atoms with Gasteiger partial charge < -0.3 is 15.7 Å². The van der Waals surface area contributed by atoms with Crippen LogP contribution in [0.4, 0.5) is 5.69 Å². The number of rotatable bonds is 4. The predicted molar refractivity (Wildman–Crippen MR) is 69.1 cm³/mol. The first-order valence-corrected chi connectivity index (χ1v) is 5.78. The number of anilines is 1. The van der Waals surface area contributed by atoms with Gasteiger partial charge in [-0.3, -0.25) is 4.79 Å². The fourth-order valence-electron chi connectivity index (χ4n) is 1.41. The molecule has 0 spiro atoms. The van der Waals surface area contributed by atoms with Gasteiger partial charge in [0.2, 0.25) is 0 Å². The zero-order chi connectivity index (χ0) is 13.0. The first-order chi connectivity index (χ1) is 7.93. The summed E-state index contributed by atoms with van der Waals surface area (Å²) in [5, 5.41) is 9.54. The summed E-state index contributed by atoms with van der Waals surface area (Å²) in [6.07, 6.45) is 0.102. The Morgan fingerprint density at radius 2 is 2.24 bits per heavy atom. The molecule has 0 saturated carbocycles. The van der Waals surface area contributed by atoms with Gasteiger partial charge in [0.1, 0.15) is 0 Å². The number of aliphatic hydroxyl groups excluding tert-OH is 1. The molecule has 1 rings (SSSR count). The predicted octanol–water partition coefficient (Wildman–Crippen LogP) is 1.77. The third-order valence-electron chi connectivity index (χ3n) is 2.51. The Labute approximate surface area is 106 Å². The van der Waals surface area contributed by atoms with Crippen LogP contribution in [0.15, 0.2) is 18.2 Å². The third-order valence-corrected chi connectivity index (χ3v) is 2.84. The highest BCUT2D eigenvalue weighted by molar-refractivity contribution is 6.33. The lowest BCUT2D eigenvalue weighted by molar-refractivity contribution is 0.0770. The highest BCUT2D eigenvalue weighted by Crippen LogP contribution is 2.23. The van der Waals surface area contributed by atoms with E-state index in [0.29, 0.717) is 29.2 Å². The number of nitrogens with two attached hydrogens (primary N) is 1. The van der Waals surface area contributed by atoms with Crippen LogP contribution < -0.4 is 5.73 Å². The van der Waals surface area contributed by atoms with Crippen molar-refractivity contribution in [2.24, 2.45) is 0 Å². The Hall–Kier alpha value is -1.26. The number of carbonyl (C=O) groups is 1. The second-order valence-electron chi connectivity index (χ2n) is 4.07. The summed E-state index contributed by atoms with van der Waals surface area (Å²) in [4.78, 5) is 13.6. The van der Waals surface area contributed by atoms with Crippen LogP contribution in [0.25, 0.3) is 0 Å². The molecule has 0 aliphatic carbocycles. The molecule has 5 heteroatoms. The van der Waals surface area contributed by atoms with Gasteiger partial charge in [0, 0.05) is 13.6 Å². The van der Waals surface area contributed by atoms with Crippen LogP contribution in [-0.4, -0.2) is 35.6 Å². The van der Waals surface area contributed by atoms with Gasteiger partial charge in [-0.1, -0.05) is 17.7 Å². The van der Waals surface area contributed by atoms with E-state index in [0.717, 1.165) is 0 Å². The van der Waals surface area contributed by atoms with Crippen molar-refractivity contribution in [3.63, 3.8) is 0 Å². The lowest BCUT2D eigenvalue weighted by atomic mass is 10.1. The number of halogens is 1. The summed E-state index contributed by atoms with van der Waals surface area (Å²) in [7, 11) is 1.67. The lowest BCUT2D eigenvalue weighted by Gasteiger charge is -2.19. The maximum Gasteiger partial charge on any atom is 0.255 e. The van der Waals surface area contributed by atoms with E-state index >= 15 is 0 Å². The van der Waals surface area contributed by atoms with Gasteiger partial charge in [-0.25, -0.2) is 0 Å². The fraction of sp³-hybridized carbons (Fsp3) is 0.417. The van der Waals surface area contributed by atoms with Crippen molar-refractivity contribution in [2.45, 2.75) is 19.4 Å². The molecular weight excluding hydrogens is 240 g/mol. The number of hydrogen-bond acceptors (Lipinski definition) is 3. The smallest absolute Gasteiger partial charge is 0.255 e. The van der Waals surface area contributed by atoms with Gasteiger partial charge in [-0.05, 0) is 25.5 Å². The van der Waals surface area contributed by atoms with Crippen LogP contribution in [0, 0.1) is 0 Å². The van der Waals surface area contributed by atoms with E-state index in [9.17, 15) is 4.79 Å². The molecule has 1 atom stereocenters. The molecule has 0 aliphatic rings. The van der Waals surface area contributed by atoms with E-state index in [2.05, 4.69) is 0 Å². The average molecular weight is 257 g/mol. The number of nitrogen functional groups attached to an aromatic ring is 1. The van der Waals surface area contributed by atoms with Crippen molar-refractivity contribution in [1.82, 2.24) is 4.90 Å². The third kappa shape index (κ3) is 3.61. The molecule has 4 nitrogen and oxygen atoms in total. The molecule has 0 saturated heterocycles. The van der Waals surface area contributed by atoms with E-state index < -0.39 is 6.10 Å². The van der Waals surface area contributed by atoms with Crippen LogP contribution in [0.5, 0.6) is 0 Å². The first kappa shape index (κ1) is 13.8. The molecule has 1 aromatic carbocycles. The van der Waals surface area contributed by atoms with E-state index in [1.807, 2.05) is 0 Å². The molecule has 0 heterocycles. The largest absolute Gasteiger partial charge is 0.397 e. The summed E-state index contributed by atoms with van der Waals surface area (Å²) in [6, 6.07) is 4.97. The summed E-state index contributed by atoms with van der Waals surface area (Å²) in [5.41, 5.74) is 6.44. The van der Waals surface area contributed by atoms with Crippen LogP contribution in [-0.2, 0) is 0 Å². The molecule has 0 aliphatic heterocycles. The molecular formula is C12H17ClN2O2. The molecule has 17 heavy (non-hydrogen) atoms. The van der Waals surface area contributed by atoms with E-state index in [4.69, 9.17) is 22.4 Å². The Kier molecular flexibility index (Phi) is 4.78. The molecule has 0 bridgehead atoms. The number of para-hydroxylation sites is 1. The summed E-state index contributed by atoms with van der Waals surface area (Å²) >= 11 is 5.85. The molecule has 0 aromatic heterocycles. The minimum Gasteiger partial charge on any atom is -0.397 e. The minimum absolute atomic E-state index is 0.189. The number of carbonyl (C=O) groups excluding carboxylic acids is 1. The molecule has 3 N–H and O–H groups in total. The molecule has 1 amide bonds. The number of amides is 1. The van der Waals surface area contributed by atoms with Crippen molar-refractivity contribution in [2.75, 3.05) is 19.3 Å². The zero-order valence-corrected chi connectivity index (χ0v) is 10.7. The van der Waals surface area contributed by atoms with Crippen LogP contribution in [0.3, 0.4) is 0 Å². The number of benzene rings is 1. The van der Waals surface area contributed by atoms with Crippen molar-refractivity contribution < 1.29 is 9.90 Å². The quantitative estimate of drug-likeness (QED) is 0.807. The molecule has 1 aromatic rings. The average Bonchev–Trinajstić information content (AvgIpc) is 2.28. The second kappa shape index (κ2) is 5.89. The topological polar surface area (TPSA) is 66.6 Å². The number of aliphatic hydroxyl groups is 1. The highest BCUT2D eigenvalue weighted by Gasteiger charge is 2.16. The first-order valence-electron chi connectivity index (χ1n) is 5.41. The maximum absolute atomic E-state index is 12.0. The Balaban J connectivity index is 2.78. The zero-order valence-electron chi connectivity index (χ0n) is 9.98. The highest BCUT2D eigenvalue weighted by atomic mass is 35.5. The van der Waals surface area contributed by atoms with Gasteiger partial charge in [0.15, 0.2) is 0 Å². The summed E-state index contributed by atoms with van der Waals surface area (Å²) in [5.74, 6) is -0.189. The van der Waals surface area contributed by atoms with Crippen molar-refractivity contribution in [3.05, 3.63) is 28.8 Å². The molecule has 94 valence electrons. The van der Waals surface area contributed by atoms with E-state index in [-0.39, 0.29) is 5.91 Å². The molecule has 1 unspecified atom stereocenters. The van der Waals surface area contributed by atoms with Gasteiger partial charge in [0.05, 0.1) is 22.4 Å². The molecule has 0 radical (unpaired) electrons. The standard InChI is InChI=1S/C12H17ClN2O2/c1-8(16)6-7-15(2)12(17)9-4-3-5-10(13)11(9)14/h3-5,8,16H,6-7,14H2,1-2H3. The number of nitrogens with zero attached hydrogens (tertiary/aromatic N) is 1. The van der Waals surface area contributed by atoms with Gasteiger partial charge in [-0.2, -0.15) is 0 Å². The lowest BCUT2D eigenvalue weighted by Crippen LogP contribution is -2.30. The normalized spacial score (nSPS) is 12.2. The monoisotopic (exact) mass is 256 g/mol. The summed E-state index contributed by atoms with van der Waals surface area (Å²) in [6.45, 7) is 2.16. The van der Waals surface area contributed by atoms with E-state index in [1.165, 1.54) is 4.90 Å². The second-order valence-corrected chi connectivity index (χ2v) is 4.47. The van der Waals surface area contributed by atoms with E-state index in [1.54, 1.807) is 32.2 Å². The minimum atomic E-state index is -0.429. The van der Waals surface area contributed by atoms with Crippen LogP contribution >= 0.6 is 11.6 Å².